The molecule has 2 rings (SSSR count). The molecule has 0 aromatic heterocycles. The summed E-state index contributed by atoms with van der Waals surface area (Å²) in [4.78, 5) is 0. The molecule has 5 nitrogen and oxygen atoms in total. The zero-order valence-corrected chi connectivity index (χ0v) is 13.8. The molecule has 0 radical (unpaired) electrons. The Morgan fingerprint density at radius 1 is 1.20 bits per heavy atom. The van der Waals surface area contributed by atoms with Gasteiger partial charge in [0.2, 0.25) is 0 Å². The van der Waals surface area contributed by atoms with Gasteiger partial charge in [-0.2, -0.15) is 17.0 Å². The summed E-state index contributed by atoms with van der Waals surface area (Å²) >= 11 is 0. The van der Waals surface area contributed by atoms with Gasteiger partial charge in [-0.05, 0) is 44.6 Å². The van der Waals surface area contributed by atoms with Gasteiger partial charge in [-0.25, -0.2) is 0 Å². The molecule has 20 heavy (non-hydrogen) atoms. The first kappa shape index (κ1) is 16.2. The van der Waals surface area contributed by atoms with Gasteiger partial charge < -0.3 is 5.32 Å². The highest BCUT2D eigenvalue weighted by molar-refractivity contribution is 7.86. The topological polar surface area (TPSA) is 52.7 Å². The molecule has 6 heteroatoms. The second kappa shape index (κ2) is 6.73. The number of nitrogens with zero attached hydrogens (tertiary/aromatic N) is 2. The smallest absolute Gasteiger partial charge is 0.281 e. The van der Waals surface area contributed by atoms with E-state index in [9.17, 15) is 8.42 Å². The minimum Gasteiger partial charge on any atom is -0.314 e. The van der Waals surface area contributed by atoms with E-state index in [1.165, 1.54) is 17.1 Å². The lowest BCUT2D eigenvalue weighted by molar-refractivity contribution is 0.340. The minimum atomic E-state index is -3.25. The van der Waals surface area contributed by atoms with E-state index in [1.54, 1.807) is 11.4 Å². The summed E-state index contributed by atoms with van der Waals surface area (Å²) in [5, 5.41) is 3.32. The molecule has 2 fully saturated rings. The molecule has 2 aliphatic rings. The van der Waals surface area contributed by atoms with Gasteiger partial charge in [0, 0.05) is 32.2 Å². The van der Waals surface area contributed by atoms with Crippen molar-refractivity contribution in [3.8, 4) is 0 Å². The maximum absolute atomic E-state index is 12.6. The van der Waals surface area contributed by atoms with Crippen LogP contribution >= 0.6 is 0 Å². The molecular weight excluding hydrogens is 274 g/mol. The van der Waals surface area contributed by atoms with Gasteiger partial charge in [0.05, 0.1) is 0 Å². The van der Waals surface area contributed by atoms with Crippen LogP contribution in [0.2, 0.25) is 0 Å². The van der Waals surface area contributed by atoms with Crippen molar-refractivity contribution in [3.05, 3.63) is 0 Å². The fourth-order valence-electron chi connectivity index (χ4n) is 2.34. The fourth-order valence-corrected chi connectivity index (χ4v) is 4.04. The molecular formula is C14H29N3O2S. The number of nitrogens with one attached hydrogen (secondary N) is 1. The highest BCUT2D eigenvalue weighted by Crippen LogP contribution is 2.36. The molecule has 0 bridgehead atoms. The summed E-state index contributed by atoms with van der Waals surface area (Å²) in [6.07, 6.45) is 5.32. The predicted octanol–water partition coefficient (Wildman–Crippen LogP) is 1.43. The van der Waals surface area contributed by atoms with Gasteiger partial charge >= 0.3 is 0 Å². The molecule has 0 unspecified atom stereocenters. The van der Waals surface area contributed by atoms with E-state index in [-0.39, 0.29) is 6.04 Å². The third-order valence-corrected chi connectivity index (χ3v) is 5.99. The van der Waals surface area contributed by atoms with Crippen LogP contribution in [-0.4, -0.2) is 55.8 Å². The molecule has 0 spiro atoms. The van der Waals surface area contributed by atoms with E-state index in [4.69, 9.17) is 0 Å². The Labute approximate surface area is 123 Å². The zero-order valence-electron chi connectivity index (χ0n) is 13.0. The quantitative estimate of drug-likeness (QED) is 0.621. The second-order valence-corrected chi connectivity index (χ2v) is 8.52. The maximum atomic E-state index is 12.6. The van der Waals surface area contributed by atoms with Crippen molar-refractivity contribution in [1.82, 2.24) is 13.9 Å². The van der Waals surface area contributed by atoms with Crippen LogP contribution in [0.1, 0.15) is 46.0 Å². The molecule has 1 N–H and O–H groups in total. The average molecular weight is 303 g/mol. The first-order valence-corrected chi connectivity index (χ1v) is 9.27. The third kappa shape index (κ3) is 4.69. The van der Waals surface area contributed by atoms with Crippen LogP contribution in [0.4, 0.5) is 0 Å². The fraction of sp³-hybridized carbons (Fsp3) is 1.00. The van der Waals surface area contributed by atoms with Crippen LogP contribution in [-0.2, 0) is 10.2 Å². The highest BCUT2D eigenvalue weighted by atomic mass is 32.2. The van der Waals surface area contributed by atoms with Crippen LogP contribution in [0.15, 0.2) is 0 Å². The monoisotopic (exact) mass is 303 g/mol. The Morgan fingerprint density at radius 3 is 2.35 bits per heavy atom. The van der Waals surface area contributed by atoms with E-state index in [2.05, 4.69) is 19.2 Å². The minimum absolute atomic E-state index is 0.275. The van der Waals surface area contributed by atoms with Gasteiger partial charge in [0.1, 0.15) is 0 Å². The molecule has 0 aromatic rings. The van der Waals surface area contributed by atoms with Crippen molar-refractivity contribution in [3.63, 3.8) is 0 Å². The molecule has 2 aliphatic carbocycles. The molecule has 2 saturated carbocycles. The molecule has 0 amide bonds. The van der Waals surface area contributed by atoms with Crippen molar-refractivity contribution in [2.45, 2.75) is 58.0 Å². The molecule has 118 valence electrons. The third-order valence-electron chi connectivity index (χ3n) is 3.98. The summed E-state index contributed by atoms with van der Waals surface area (Å²) < 4.78 is 28.6. The average Bonchev–Trinajstić information content (AvgIpc) is 3.24. The van der Waals surface area contributed by atoms with Gasteiger partial charge in [-0.15, -0.1) is 0 Å². The lowest BCUT2D eigenvalue weighted by atomic mass is 10.3. The Kier molecular flexibility index (Phi) is 5.45. The Morgan fingerprint density at radius 2 is 1.85 bits per heavy atom. The predicted molar refractivity (Wildman–Crippen MR) is 81.8 cm³/mol. The normalized spacial score (nSPS) is 20.3. The number of hydrogen-bond donors (Lipinski definition) is 1. The van der Waals surface area contributed by atoms with Gasteiger partial charge in [-0.1, -0.05) is 13.8 Å². The van der Waals surface area contributed by atoms with Gasteiger partial charge in [-0.3, -0.25) is 0 Å². The van der Waals surface area contributed by atoms with Crippen LogP contribution in [0, 0.1) is 5.92 Å². The van der Waals surface area contributed by atoms with Crippen molar-refractivity contribution in [1.29, 1.82) is 0 Å². The summed E-state index contributed by atoms with van der Waals surface area (Å²) in [5.74, 6) is 0.612. The molecule has 0 aliphatic heterocycles. The largest absolute Gasteiger partial charge is 0.314 e. The lowest BCUT2D eigenvalue weighted by Gasteiger charge is -2.27. The van der Waals surface area contributed by atoms with Crippen molar-refractivity contribution in [2.75, 3.05) is 26.7 Å². The standard InChI is InChI=1S/C14H29N3O2S/c1-12(2)15-9-4-10-16(3)20(18,19)17(14-7-8-14)11-13-5-6-13/h12-15H,4-11H2,1-3H3. The molecule has 0 aromatic carbocycles. The van der Waals surface area contributed by atoms with E-state index in [1.807, 2.05) is 0 Å². The number of rotatable bonds is 10. The van der Waals surface area contributed by atoms with Crippen LogP contribution in [0.3, 0.4) is 0 Å². The first-order valence-electron chi connectivity index (χ1n) is 7.87. The lowest BCUT2D eigenvalue weighted by Crippen LogP contribution is -2.44. The van der Waals surface area contributed by atoms with E-state index < -0.39 is 10.2 Å². The molecule has 0 saturated heterocycles. The van der Waals surface area contributed by atoms with Crippen LogP contribution in [0.25, 0.3) is 0 Å². The van der Waals surface area contributed by atoms with Crippen molar-refractivity contribution < 1.29 is 8.42 Å². The van der Waals surface area contributed by atoms with Crippen molar-refractivity contribution >= 4 is 10.2 Å². The SMILES string of the molecule is CC(C)NCCCN(C)S(=O)(=O)N(CC1CC1)C1CC1. The first-order chi connectivity index (χ1) is 9.41. The van der Waals surface area contributed by atoms with Crippen molar-refractivity contribution in [2.24, 2.45) is 5.92 Å². The summed E-state index contributed by atoms with van der Waals surface area (Å²) in [6, 6.07) is 0.728. The van der Waals surface area contributed by atoms with E-state index >= 15 is 0 Å². The Balaban J connectivity index is 1.82. The van der Waals surface area contributed by atoms with Gasteiger partial charge in [0.25, 0.3) is 10.2 Å². The van der Waals surface area contributed by atoms with E-state index in [0.29, 0.717) is 18.5 Å². The summed E-state index contributed by atoms with van der Waals surface area (Å²) in [7, 11) is -1.54. The maximum Gasteiger partial charge on any atom is 0.281 e. The summed E-state index contributed by atoms with van der Waals surface area (Å²) in [5.41, 5.74) is 0. The van der Waals surface area contributed by atoms with Crippen LogP contribution in [0.5, 0.6) is 0 Å². The zero-order chi connectivity index (χ0) is 14.8. The number of hydrogen-bond acceptors (Lipinski definition) is 3. The highest BCUT2D eigenvalue weighted by Gasteiger charge is 2.41. The molecule has 0 heterocycles. The summed E-state index contributed by atoms with van der Waals surface area (Å²) in [6.45, 7) is 6.40. The second-order valence-electron chi connectivity index (χ2n) is 6.54. The van der Waals surface area contributed by atoms with Gasteiger partial charge in [0.15, 0.2) is 0 Å². The van der Waals surface area contributed by atoms with E-state index in [0.717, 1.165) is 32.4 Å². The van der Waals surface area contributed by atoms with Crippen LogP contribution < -0.4 is 5.32 Å². The Hall–Kier alpha value is -0.170. The molecule has 0 atom stereocenters. The Bertz CT molecular complexity index is 403.